The zero-order valence-corrected chi connectivity index (χ0v) is 24.1. The monoisotopic (exact) mass is 540 g/mol. The lowest BCUT2D eigenvalue weighted by atomic mass is 9.76. The van der Waals surface area contributed by atoms with Crippen molar-refractivity contribution in [3.8, 4) is 0 Å². The molecular weight excluding hydrogens is 500 g/mol. The van der Waals surface area contributed by atoms with Gasteiger partial charge in [-0.2, -0.15) is 0 Å². The minimum Gasteiger partial charge on any atom is -0.368 e. The maximum atomic E-state index is 6.75. The van der Waals surface area contributed by atoms with E-state index < -0.39 is 0 Å². The fourth-order valence-electron chi connectivity index (χ4n) is 7.08. The molecular formula is C38H40N2O. The normalized spacial score (nSPS) is 20.4. The number of hydrogen-bond donors (Lipinski definition) is 0. The molecule has 0 spiro atoms. The van der Waals surface area contributed by atoms with Gasteiger partial charge < -0.3 is 4.74 Å². The van der Waals surface area contributed by atoms with Crippen molar-refractivity contribution in [1.82, 2.24) is 9.88 Å². The fraction of sp³-hybridized carbons (Fsp3) is 0.289. The van der Waals surface area contributed by atoms with Crippen LogP contribution in [0.1, 0.15) is 43.4 Å². The highest BCUT2D eigenvalue weighted by Gasteiger charge is 2.39. The van der Waals surface area contributed by atoms with E-state index >= 15 is 0 Å². The second kappa shape index (κ2) is 12.4. The predicted molar refractivity (Wildman–Crippen MR) is 173 cm³/mol. The van der Waals surface area contributed by atoms with Crippen molar-refractivity contribution in [2.24, 2.45) is 11.8 Å². The summed E-state index contributed by atoms with van der Waals surface area (Å²) < 4.78 is 6.75. The molecule has 0 N–H and O–H groups in total. The van der Waals surface area contributed by atoms with E-state index in [-0.39, 0.29) is 12.1 Å². The third-order valence-electron chi connectivity index (χ3n) is 9.00. The molecule has 1 aromatic heterocycles. The van der Waals surface area contributed by atoms with Gasteiger partial charge in [0.25, 0.3) is 0 Å². The molecule has 4 atom stereocenters. The van der Waals surface area contributed by atoms with E-state index in [2.05, 4.69) is 121 Å². The Kier molecular flexibility index (Phi) is 8.27. The first-order valence-corrected chi connectivity index (χ1v) is 15.0. The van der Waals surface area contributed by atoms with Crippen LogP contribution in [0.4, 0.5) is 0 Å². The van der Waals surface area contributed by atoms with E-state index in [1.807, 2.05) is 12.3 Å². The van der Waals surface area contributed by atoms with Crippen LogP contribution in [-0.2, 0) is 11.3 Å². The Morgan fingerprint density at radius 1 is 0.927 bits per heavy atom. The molecule has 1 aliphatic heterocycles. The third-order valence-corrected chi connectivity index (χ3v) is 9.00. The van der Waals surface area contributed by atoms with Gasteiger partial charge in [0.15, 0.2) is 0 Å². The van der Waals surface area contributed by atoms with Gasteiger partial charge in [0.2, 0.25) is 0 Å². The minimum atomic E-state index is -0.104. The summed E-state index contributed by atoms with van der Waals surface area (Å²) in [6.45, 7) is 12.9. The molecule has 5 aromatic rings. The minimum absolute atomic E-state index is 0.104. The second-order valence-corrected chi connectivity index (χ2v) is 11.4. The van der Waals surface area contributed by atoms with Gasteiger partial charge in [-0.15, -0.1) is 13.2 Å². The summed E-state index contributed by atoms with van der Waals surface area (Å²) >= 11 is 0. The van der Waals surface area contributed by atoms with Crippen molar-refractivity contribution in [2.45, 2.75) is 44.9 Å². The summed E-state index contributed by atoms with van der Waals surface area (Å²) in [6, 6.07) is 30.8. The molecule has 6 rings (SSSR count). The van der Waals surface area contributed by atoms with E-state index in [9.17, 15) is 0 Å². The number of nitrogens with zero attached hydrogens (tertiary/aromatic N) is 2. The quantitative estimate of drug-likeness (QED) is 0.130. The topological polar surface area (TPSA) is 25.4 Å². The highest BCUT2D eigenvalue weighted by molar-refractivity contribution is 6.02. The Balaban J connectivity index is 1.50. The SMILES string of the molecule is C=CCOC(c1ccnc2ccccc12)C1CC(CCC)C(C=C)CN1Cc1c2ccccc2cc2ccccc12. The lowest BCUT2D eigenvalue weighted by Gasteiger charge is -2.47. The van der Waals surface area contributed by atoms with Crippen LogP contribution in [0, 0.1) is 11.8 Å². The van der Waals surface area contributed by atoms with Crippen molar-refractivity contribution in [3.05, 3.63) is 128 Å². The first kappa shape index (κ1) is 27.4. The number of benzene rings is 4. The molecule has 208 valence electrons. The van der Waals surface area contributed by atoms with Crippen LogP contribution in [0.15, 0.2) is 116 Å². The number of rotatable bonds is 10. The maximum Gasteiger partial charge on any atom is 0.0991 e. The number of ether oxygens (including phenoxy) is 1. The van der Waals surface area contributed by atoms with Gasteiger partial charge >= 0.3 is 0 Å². The number of aromatic nitrogens is 1. The average molecular weight is 541 g/mol. The van der Waals surface area contributed by atoms with Gasteiger partial charge in [-0.3, -0.25) is 9.88 Å². The van der Waals surface area contributed by atoms with Gasteiger partial charge in [-0.25, -0.2) is 0 Å². The average Bonchev–Trinajstić information content (AvgIpc) is 3.02. The molecule has 3 heteroatoms. The second-order valence-electron chi connectivity index (χ2n) is 11.4. The van der Waals surface area contributed by atoms with Crippen LogP contribution >= 0.6 is 0 Å². The number of hydrogen-bond acceptors (Lipinski definition) is 3. The highest BCUT2D eigenvalue weighted by Crippen LogP contribution is 2.42. The molecule has 4 unspecified atom stereocenters. The lowest BCUT2D eigenvalue weighted by Crippen LogP contribution is -2.49. The maximum absolute atomic E-state index is 6.75. The van der Waals surface area contributed by atoms with E-state index in [1.54, 1.807) is 0 Å². The van der Waals surface area contributed by atoms with Crippen LogP contribution in [0.3, 0.4) is 0 Å². The summed E-state index contributed by atoms with van der Waals surface area (Å²) in [6.07, 6.45) is 9.33. The van der Waals surface area contributed by atoms with E-state index in [4.69, 9.17) is 4.74 Å². The number of likely N-dealkylation sites (tertiary alicyclic amines) is 1. The predicted octanol–water partition coefficient (Wildman–Crippen LogP) is 9.28. The standard InChI is InChI=1S/C38H40N2O/c1-4-13-28-24-37(38(41-22-5-2)34-20-21-39-36-19-12-11-18-33(34)36)40(25-27(28)6-3)26-35-31-16-9-7-14-29(31)23-30-15-8-10-17-32(30)35/h5-12,14-21,23,27-28,37-38H,2-4,13,22,24-26H2,1H3. The molecule has 1 fully saturated rings. The van der Waals surface area contributed by atoms with E-state index in [0.717, 1.165) is 30.4 Å². The van der Waals surface area contributed by atoms with Crippen molar-refractivity contribution in [3.63, 3.8) is 0 Å². The zero-order chi connectivity index (χ0) is 28.2. The number of pyridine rings is 1. The van der Waals surface area contributed by atoms with Gasteiger partial charge in [0, 0.05) is 30.7 Å². The van der Waals surface area contributed by atoms with Crippen molar-refractivity contribution in [2.75, 3.05) is 13.2 Å². The Labute approximate surface area is 244 Å². The molecule has 0 bridgehead atoms. The molecule has 4 aromatic carbocycles. The van der Waals surface area contributed by atoms with Gasteiger partial charge in [0.05, 0.1) is 18.2 Å². The molecule has 0 radical (unpaired) electrons. The smallest absolute Gasteiger partial charge is 0.0991 e. The van der Waals surface area contributed by atoms with Crippen LogP contribution in [-0.4, -0.2) is 29.1 Å². The summed E-state index contributed by atoms with van der Waals surface area (Å²) in [7, 11) is 0. The zero-order valence-electron chi connectivity index (χ0n) is 24.1. The van der Waals surface area contributed by atoms with Gasteiger partial charge in [-0.05, 0) is 69.1 Å². The molecule has 1 aliphatic rings. The molecule has 2 heterocycles. The van der Waals surface area contributed by atoms with Crippen molar-refractivity contribution < 1.29 is 4.74 Å². The van der Waals surface area contributed by atoms with Crippen LogP contribution in [0.5, 0.6) is 0 Å². The molecule has 1 saturated heterocycles. The molecule has 0 amide bonds. The highest BCUT2D eigenvalue weighted by atomic mass is 16.5. The number of fused-ring (bicyclic) bond motifs is 3. The largest absolute Gasteiger partial charge is 0.368 e. The Bertz CT molecular complexity index is 1610. The van der Waals surface area contributed by atoms with Crippen molar-refractivity contribution in [1.29, 1.82) is 0 Å². The third kappa shape index (κ3) is 5.45. The first-order valence-electron chi connectivity index (χ1n) is 15.0. The Morgan fingerprint density at radius 2 is 1.61 bits per heavy atom. The van der Waals surface area contributed by atoms with E-state index in [0.29, 0.717) is 18.4 Å². The number of para-hydroxylation sites is 1. The lowest BCUT2D eigenvalue weighted by molar-refractivity contribution is -0.0447. The Hall–Kier alpha value is -3.79. The first-order chi connectivity index (χ1) is 20.2. The van der Waals surface area contributed by atoms with Gasteiger partial charge in [-0.1, -0.05) is 98.6 Å². The van der Waals surface area contributed by atoms with Crippen LogP contribution < -0.4 is 0 Å². The van der Waals surface area contributed by atoms with Crippen molar-refractivity contribution >= 4 is 32.4 Å². The van der Waals surface area contributed by atoms with E-state index in [1.165, 1.54) is 45.5 Å². The summed E-state index contributed by atoms with van der Waals surface area (Å²) in [4.78, 5) is 7.36. The molecule has 3 nitrogen and oxygen atoms in total. The summed E-state index contributed by atoms with van der Waals surface area (Å²) in [5.74, 6) is 1.02. The fourth-order valence-corrected chi connectivity index (χ4v) is 7.08. The number of piperidine rings is 1. The van der Waals surface area contributed by atoms with Crippen LogP contribution in [0.25, 0.3) is 32.4 Å². The van der Waals surface area contributed by atoms with Gasteiger partial charge in [0.1, 0.15) is 0 Å². The molecule has 0 saturated carbocycles. The van der Waals surface area contributed by atoms with Crippen LogP contribution in [0.2, 0.25) is 0 Å². The summed E-state index contributed by atoms with van der Waals surface area (Å²) in [5.41, 5.74) is 3.61. The summed E-state index contributed by atoms with van der Waals surface area (Å²) in [5, 5.41) is 6.40. The Morgan fingerprint density at radius 3 is 2.29 bits per heavy atom. The molecule has 0 aliphatic carbocycles. The molecule has 41 heavy (non-hydrogen) atoms.